The molecule has 2 aromatic carbocycles. The molecule has 9 nitrogen and oxygen atoms in total. The Hall–Kier alpha value is -2.98. The number of hydrogen-bond donors (Lipinski definition) is 0. The summed E-state index contributed by atoms with van der Waals surface area (Å²) in [6.45, 7) is 4.27. The quantitative estimate of drug-likeness (QED) is 0.476. The van der Waals surface area contributed by atoms with Gasteiger partial charge in [-0.2, -0.15) is 0 Å². The van der Waals surface area contributed by atoms with Gasteiger partial charge in [-0.15, -0.1) is 0 Å². The average Bonchev–Trinajstić information content (AvgIpc) is 2.72. The molecule has 1 saturated heterocycles. The number of sulfonamides is 1. The number of rotatable bonds is 7. The van der Waals surface area contributed by atoms with E-state index in [-0.39, 0.29) is 29.4 Å². The van der Waals surface area contributed by atoms with E-state index in [1.807, 2.05) is 18.2 Å². The van der Waals surface area contributed by atoms with Gasteiger partial charge in [0, 0.05) is 38.8 Å². The van der Waals surface area contributed by atoms with Gasteiger partial charge in [-0.25, -0.2) is 8.42 Å². The molecule has 10 heteroatoms. The zero-order valence-corrected chi connectivity index (χ0v) is 18.4. The van der Waals surface area contributed by atoms with E-state index in [1.165, 1.54) is 30.7 Å². The van der Waals surface area contributed by atoms with Crippen molar-refractivity contribution >= 4 is 27.3 Å². The highest BCUT2D eigenvalue weighted by atomic mass is 32.2. The van der Waals surface area contributed by atoms with Crippen molar-refractivity contribution in [2.45, 2.75) is 13.5 Å². The summed E-state index contributed by atoms with van der Waals surface area (Å²) in [5.74, 6) is -0.323. The maximum Gasteiger partial charge on any atom is 0.274 e. The zero-order chi connectivity index (χ0) is 22.6. The fourth-order valence-electron chi connectivity index (χ4n) is 3.68. The molecule has 3 rings (SSSR count). The molecule has 0 atom stereocenters. The van der Waals surface area contributed by atoms with Crippen molar-refractivity contribution in [3.63, 3.8) is 0 Å². The predicted molar refractivity (Wildman–Crippen MR) is 118 cm³/mol. The number of benzene rings is 2. The molecule has 2 aromatic rings. The Kier molecular flexibility index (Phi) is 6.91. The van der Waals surface area contributed by atoms with E-state index < -0.39 is 14.9 Å². The van der Waals surface area contributed by atoms with Crippen LogP contribution >= 0.6 is 0 Å². The van der Waals surface area contributed by atoms with Crippen LogP contribution in [0.4, 0.5) is 11.4 Å². The standard InChI is InChI=1S/C21H26N4O5S/c1-17-19(9-6-10-20(17)25(27)28)24(31(2,29)30)16-21(26)23-13-11-22(12-14-23)15-18-7-4-3-5-8-18/h3-10H,11-16H2,1-2H3. The summed E-state index contributed by atoms with van der Waals surface area (Å²) in [5, 5.41) is 11.2. The molecular formula is C21H26N4O5S. The van der Waals surface area contributed by atoms with E-state index in [0.717, 1.165) is 17.1 Å². The van der Waals surface area contributed by atoms with Crippen molar-refractivity contribution in [3.05, 3.63) is 69.8 Å². The lowest BCUT2D eigenvalue weighted by molar-refractivity contribution is -0.385. The number of piperazine rings is 1. The molecule has 0 aliphatic carbocycles. The normalized spacial score (nSPS) is 15.0. The Morgan fingerprint density at radius 1 is 1.06 bits per heavy atom. The van der Waals surface area contributed by atoms with Gasteiger partial charge >= 0.3 is 0 Å². The average molecular weight is 447 g/mol. The number of nitro groups is 1. The molecule has 1 fully saturated rings. The summed E-state index contributed by atoms with van der Waals surface area (Å²) in [6, 6.07) is 14.3. The molecule has 0 radical (unpaired) electrons. The molecule has 0 unspecified atom stereocenters. The van der Waals surface area contributed by atoms with Crippen LogP contribution < -0.4 is 4.31 Å². The van der Waals surface area contributed by atoms with Gasteiger partial charge < -0.3 is 4.90 Å². The Morgan fingerprint density at radius 3 is 2.29 bits per heavy atom. The highest BCUT2D eigenvalue weighted by Crippen LogP contribution is 2.29. The summed E-state index contributed by atoms with van der Waals surface area (Å²) >= 11 is 0. The lowest BCUT2D eigenvalue weighted by Crippen LogP contribution is -2.51. The summed E-state index contributed by atoms with van der Waals surface area (Å²) in [6.07, 6.45) is 0.996. The Balaban J connectivity index is 1.69. The van der Waals surface area contributed by atoms with Crippen LogP contribution in [0.15, 0.2) is 48.5 Å². The van der Waals surface area contributed by atoms with E-state index in [9.17, 15) is 23.3 Å². The van der Waals surface area contributed by atoms with Gasteiger partial charge in [-0.3, -0.25) is 24.1 Å². The Labute approximate surface area is 182 Å². The molecular weight excluding hydrogens is 420 g/mol. The second-order valence-corrected chi connectivity index (χ2v) is 9.50. The first-order valence-electron chi connectivity index (χ1n) is 9.92. The van der Waals surface area contributed by atoms with Crippen molar-refractivity contribution in [3.8, 4) is 0 Å². The van der Waals surface area contributed by atoms with Crippen LogP contribution in [0.5, 0.6) is 0 Å². The molecule has 1 amide bonds. The van der Waals surface area contributed by atoms with Gasteiger partial charge in [0.2, 0.25) is 15.9 Å². The highest BCUT2D eigenvalue weighted by molar-refractivity contribution is 7.92. The third-order valence-corrected chi connectivity index (χ3v) is 6.52. The Morgan fingerprint density at radius 2 is 1.71 bits per heavy atom. The molecule has 0 N–H and O–H groups in total. The number of anilines is 1. The van der Waals surface area contributed by atoms with Crippen LogP contribution in [0, 0.1) is 17.0 Å². The summed E-state index contributed by atoms with van der Waals surface area (Å²) < 4.78 is 25.8. The first-order valence-corrected chi connectivity index (χ1v) is 11.8. The van der Waals surface area contributed by atoms with Gasteiger partial charge in [0.1, 0.15) is 6.54 Å². The number of carbonyl (C=O) groups excluding carboxylic acids is 1. The topological polar surface area (TPSA) is 104 Å². The van der Waals surface area contributed by atoms with Gasteiger partial charge in [0.05, 0.1) is 22.4 Å². The SMILES string of the molecule is Cc1c(N(CC(=O)N2CCN(Cc3ccccc3)CC2)S(C)(=O)=O)cccc1[N+](=O)[O-]. The van der Waals surface area contributed by atoms with Crippen LogP contribution in [0.25, 0.3) is 0 Å². The third kappa shape index (κ3) is 5.59. The number of amides is 1. The monoisotopic (exact) mass is 446 g/mol. The van der Waals surface area contributed by atoms with E-state index >= 15 is 0 Å². The molecule has 0 bridgehead atoms. The van der Waals surface area contributed by atoms with Crippen molar-refractivity contribution in [1.29, 1.82) is 0 Å². The number of nitro benzene ring substituents is 1. The number of hydrogen-bond acceptors (Lipinski definition) is 6. The van der Waals surface area contributed by atoms with Crippen molar-refractivity contribution in [1.82, 2.24) is 9.80 Å². The predicted octanol–water partition coefficient (Wildman–Crippen LogP) is 2.01. The third-order valence-electron chi connectivity index (χ3n) is 5.40. The molecule has 166 valence electrons. The minimum atomic E-state index is -3.82. The second kappa shape index (κ2) is 9.44. The minimum absolute atomic E-state index is 0.146. The van der Waals surface area contributed by atoms with E-state index in [4.69, 9.17) is 0 Å². The van der Waals surface area contributed by atoms with Crippen molar-refractivity contribution in [2.24, 2.45) is 0 Å². The van der Waals surface area contributed by atoms with Gasteiger partial charge in [0.25, 0.3) is 5.69 Å². The Bertz CT molecular complexity index is 1050. The minimum Gasteiger partial charge on any atom is -0.339 e. The summed E-state index contributed by atoms with van der Waals surface area (Å²) in [7, 11) is -3.82. The summed E-state index contributed by atoms with van der Waals surface area (Å²) in [5.41, 5.74) is 1.37. The lowest BCUT2D eigenvalue weighted by Gasteiger charge is -2.36. The zero-order valence-electron chi connectivity index (χ0n) is 17.6. The van der Waals surface area contributed by atoms with Crippen LogP contribution in [0.3, 0.4) is 0 Å². The maximum atomic E-state index is 12.9. The number of nitrogens with zero attached hydrogens (tertiary/aromatic N) is 4. The fraction of sp³-hybridized carbons (Fsp3) is 0.381. The van der Waals surface area contributed by atoms with Crippen molar-refractivity contribution < 1.29 is 18.1 Å². The lowest BCUT2D eigenvalue weighted by atomic mass is 10.1. The van der Waals surface area contributed by atoms with E-state index in [0.29, 0.717) is 26.2 Å². The number of carbonyl (C=O) groups is 1. The molecule has 1 aliphatic heterocycles. The first kappa shape index (κ1) is 22.7. The van der Waals surface area contributed by atoms with Crippen LogP contribution in [-0.2, 0) is 21.4 Å². The molecule has 0 aromatic heterocycles. The second-order valence-electron chi connectivity index (χ2n) is 7.59. The molecule has 0 spiro atoms. The smallest absolute Gasteiger partial charge is 0.274 e. The molecule has 1 aliphatic rings. The highest BCUT2D eigenvalue weighted by Gasteiger charge is 2.29. The van der Waals surface area contributed by atoms with E-state index in [2.05, 4.69) is 17.0 Å². The first-order chi connectivity index (χ1) is 14.7. The molecule has 1 heterocycles. The van der Waals surface area contributed by atoms with Gasteiger partial charge in [0.15, 0.2) is 0 Å². The fourth-order valence-corrected chi connectivity index (χ4v) is 4.58. The van der Waals surface area contributed by atoms with Crippen molar-refractivity contribution in [2.75, 3.05) is 43.3 Å². The van der Waals surface area contributed by atoms with Gasteiger partial charge in [-0.1, -0.05) is 36.4 Å². The van der Waals surface area contributed by atoms with Crippen LogP contribution in [0.2, 0.25) is 0 Å². The molecule has 31 heavy (non-hydrogen) atoms. The summed E-state index contributed by atoms with van der Waals surface area (Å²) in [4.78, 5) is 27.5. The largest absolute Gasteiger partial charge is 0.339 e. The molecule has 0 saturated carbocycles. The van der Waals surface area contributed by atoms with E-state index in [1.54, 1.807) is 4.90 Å². The maximum absolute atomic E-state index is 12.9. The van der Waals surface area contributed by atoms with Crippen LogP contribution in [-0.4, -0.2) is 68.0 Å². The van der Waals surface area contributed by atoms with Crippen LogP contribution in [0.1, 0.15) is 11.1 Å². The van der Waals surface area contributed by atoms with Gasteiger partial charge in [-0.05, 0) is 18.6 Å².